The lowest BCUT2D eigenvalue weighted by Gasteiger charge is -2.26. The van der Waals surface area contributed by atoms with Crippen LogP contribution in [0.4, 0.5) is 0 Å². The van der Waals surface area contributed by atoms with Crippen LogP contribution in [0.15, 0.2) is 53.6 Å². The Balaban J connectivity index is 2.15. The van der Waals surface area contributed by atoms with E-state index in [1.54, 1.807) is 35.3 Å². The van der Waals surface area contributed by atoms with Crippen LogP contribution >= 0.6 is 14.4 Å². The van der Waals surface area contributed by atoms with Crippen LogP contribution in [0, 0.1) is 0 Å². The molecule has 0 aliphatic carbocycles. The number of hydrogen-bond donors (Lipinski definition) is 3. The molecule has 36 heavy (non-hydrogen) atoms. The molecule has 2 aromatic rings. The first-order chi connectivity index (χ1) is 17.0. The molecule has 8 nitrogen and oxygen atoms in total. The predicted octanol–water partition coefficient (Wildman–Crippen LogP) is 5.98. The summed E-state index contributed by atoms with van der Waals surface area (Å²) in [5.41, 5.74) is 1.43. The van der Waals surface area contributed by atoms with Crippen molar-refractivity contribution in [2.24, 2.45) is 5.10 Å². The first-order valence-electron chi connectivity index (χ1n) is 12.0. The van der Waals surface area contributed by atoms with E-state index in [0.717, 1.165) is 17.7 Å². The molecule has 11 heteroatoms. The number of nitrogens with one attached hydrogen (secondary N) is 1. The number of ether oxygens (including phenoxy) is 2. The summed E-state index contributed by atoms with van der Waals surface area (Å²) >= 11 is 5.94. The summed E-state index contributed by atoms with van der Waals surface area (Å²) in [7, 11) is -0.955. The molecule has 0 aliphatic rings. The topological polar surface area (TPSA) is 104 Å². The van der Waals surface area contributed by atoms with Crippen LogP contribution in [0.1, 0.15) is 63.9 Å². The number of hydrogen-bond acceptors (Lipinski definition) is 6. The van der Waals surface area contributed by atoms with Crippen LogP contribution in [0.3, 0.4) is 0 Å². The van der Waals surface area contributed by atoms with E-state index in [9.17, 15) is 14.4 Å². The van der Waals surface area contributed by atoms with Crippen LogP contribution in [0.5, 0.6) is 11.5 Å². The zero-order chi connectivity index (χ0) is 26.9. The minimum absolute atomic E-state index is 0.169. The maximum Gasteiger partial charge on any atom is 0.358 e. The molecule has 3 unspecified atom stereocenters. The van der Waals surface area contributed by atoms with Crippen molar-refractivity contribution in [1.29, 1.82) is 0 Å². The molecule has 0 bridgehead atoms. The van der Waals surface area contributed by atoms with Crippen LogP contribution in [-0.4, -0.2) is 46.3 Å². The highest BCUT2D eigenvalue weighted by Crippen LogP contribution is 2.51. The van der Waals surface area contributed by atoms with Crippen molar-refractivity contribution < 1.29 is 23.8 Å². The molecule has 0 aliphatic heterocycles. The van der Waals surface area contributed by atoms with Crippen LogP contribution in [-0.2, 0) is 16.4 Å². The van der Waals surface area contributed by atoms with Gasteiger partial charge in [0.1, 0.15) is 17.3 Å². The molecule has 198 valence electrons. The Bertz CT molecular complexity index is 1060. The molecule has 0 saturated carbocycles. The van der Waals surface area contributed by atoms with Gasteiger partial charge < -0.3 is 24.6 Å². The van der Waals surface area contributed by atoms with Gasteiger partial charge in [0.05, 0.1) is 19.4 Å². The third-order valence-corrected chi connectivity index (χ3v) is 11.0. The van der Waals surface area contributed by atoms with Crippen molar-refractivity contribution in [2.75, 3.05) is 14.1 Å². The first-order valence-corrected chi connectivity index (χ1v) is 16.0. The lowest BCUT2D eigenvalue weighted by atomic mass is 10.2. The molecule has 0 spiro atoms. The van der Waals surface area contributed by atoms with Crippen LogP contribution < -0.4 is 14.8 Å². The molecule has 0 aromatic heterocycles. The average molecular weight is 555 g/mol. The van der Waals surface area contributed by atoms with Gasteiger partial charge in [0, 0.05) is 12.8 Å². The predicted molar refractivity (Wildman–Crippen MR) is 151 cm³/mol. The third kappa shape index (κ3) is 8.07. The zero-order valence-electron chi connectivity index (χ0n) is 21.8. The SMILES string of the molecule is CCC(C)Oc1ccc(/C=N/N(C)[P+](=S)C(CC)(CC)Oc2ccc(C(NC)P(=O)(O)O)cc2)cc1. The Labute approximate surface area is 220 Å². The Morgan fingerprint density at radius 2 is 1.67 bits per heavy atom. The second-order valence-corrected chi connectivity index (χ2v) is 13.2. The summed E-state index contributed by atoms with van der Waals surface area (Å²) in [5.74, 6) is 0.355. The van der Waals surface area contributed by atoms with E-state index in [2.05, 4.69) is 17.3 Å². The van der Waals surface area contributed by atoms with E-state index in [1.165, 1.54) is 7.05 Å². The summed E-state index contributed by atoms with van der Waals surface area (Å²) in [6.45, 7) is 6.98. The molecule has 0 fully saturated rings. The standard InChI is InChI=1S/C25H37N3O5P2S/c1-7-19(4)32-22-14-10-20(11-15-22)18-27-28(6)34(36)25(8-2,9-3)33-23-16-12-21(13-17-23)24(26-5)35(29,30)31/h10-19,24,26H,7-9H2,1-6H3,(H-,29,30,31)/p+1/b27-18+. The van der Waals surface area contributed by atoms with Gasteiger partial charge in [0.25, 0.3) is 5.34 Å². The van der Waals surface area contributed by atoms with Gasteiger partial charge in [0.15, 0.2) is 11.8 Å². The molecule has 0 heterocycles. The highest BCUT2D eigenvalue weighted by molar-refractivity contribution is 8.04. The zero-order valence-corrected chi connectivity index (χ0v) is 24.4. The van der Waals surface area contributed by atoms with Gasteiger partial charge in [-0.25, -0.2) is 0 Å². The highest BCUT2D eigenvalue weighted by atomic mass is 32.4. The summed E-state index contributed by atoms with van der Waals surface area (Å²) in [6, 6.07) is 14.6. The van der Waals surface area contributed by atoms with Gasteiger partial charge in [0.2, 0.25) is 0 Å². The van der Waals surface area contributed by atoms with E-state index in [-0.39, 0.29) is 6.10 Å². The van der Waals surface area contributed by atoms with E-state index in [1.807, 2.05) is 52.1 Å². The number of hydrazone groups is 1. The minimum Gasteiger partial charge on any atom is -0.491 e. The number of benzene rings is 2. The normalized spacial score (nSPS) is 14.4. The van der Waals surface area contributed by atoms with Gasteiger partial charge >= 0.3 is 14.4 Å². The fraction of sp³-hybridized carbons (Fsp3) is 0.480. The van der Waals surface area contributed by atoms with Crippen LogP contribution in [0.2, 0.25) is 0 Å². The van der Waals surface area contributed by atoms with Gasteiger partial charge in [-0.15, -0.1) is 9.88 Å². The molecular formula is C25H38N3O5P2S+. The summed E-state index contributed by atoms with van der Waals surface area (Å²) in [4.78, 5) is 19.1. The van der Waals surface area contributed by atoms with Crippen molar-refractivity contribution in [3.63, 3.8) is 0 Å². The van der Waals surface area contributed by atoms with Gasteiger partial charge in [-0.05, 0) is 67.9 Å². The smallest absolute Gasteiger partial charge is 0.358 e. The maximum absolute atomic E-state index is 11.7. The Morgan fingerprint density at radius 1 is 1.11 bits per heavy atom. The lowest BCUT2D eigenvalue weighted by Crippen LogP contribution is -2.33. The fourth-order valence-electron chi connectivity index (χ4n) is 3.58. The first kappa shape index (κ1) is 30.4. The van der Waals surface area contributed by atoms with Crippen molar-refractivity contribution in [3.05, 3.63) is 59.7 Å². The van der Waals surface area contributed by atoms with E-state index < -0.39 is 25.6 Å². The van der Waals surface area contributed by atoms with Crippen LogP contribution in [0.25, 0.3) is 0 Å². The highest BCUT2D eigenvalue weighted by Gasteiger charge is 2.48. The van der Waals surface area contributed by atoms with Crippen molar-refractivity contribution in [2.45, 2.75) is 64.2 Å². The lowest BCUT2D eigenvalue weighted by molar-refractivity contribution is 0.146. The molecular weight excluding hydrogens is 516 g/mol. The molecule has 0 amide bonds. The Morgan fingerprint density at radius 3 is 2.14 bits per heavy atom. The Hall–Kier alpha value is -1.86. The Kier molecular flexibility index (Phi) is 11.5. The summed E-state index contributed by atoms with van der Waals surface area (Å²) in [5, 5.41) is 6.65. The summed E-state index contributed by atoms with van der Waals surface area (Å²) in [6.07, 6.45) is 4.26. The van der Waals surface area contributed by atoms with Crippen molar-refractivity contribution >= 4 is 32.5 Å². The molecule has 2 aromatic carbocycles. The van der Waals surface area contributed by atoms with Gasteiger partial charge in [-0.1, -0.05) is 32.9 Å². The van der Waals surface area contributed by atoms with E-state index in [0.29, 0.717) is 24.2 Å². The average Bonchev–Trinajstić information content (AvgIpc) is 2.86. The van der Waals surface area contributed by atoms with Crippen molar-refractivity contribution in [3.8, 4) is 11.5 Å². The molecule has 3 N–H and O–H groups in total. The second kappa shape index (κ2) is 13.6. The summed E-state index contributed by atoms with van der Waals surface area (Å²) < 4.78 is 25.8. The molecule has 2 rings (SSSR count). The van der Waals surface area contributed by atoms with Gasteiger partial charge in [-0.2, -0.15) is 0 Å². The van der Waals surface area contributed by atoms with E-state index in [4.69, 9.17) is 21.3 Å². The molecule has 0 saturated heterocycles. The number of rotatable bonds is 14. The largest absolute Gasteiger partial charge is 0.491 e. The van der Waals surface area contributed by atoms with E-state index >= 15 is 0 Å². The fourth-order valence-corrected chi connectivity index (χ4v) is 6.89. The second-order valence-electron chi connectivity index (χ2n) is 8.52. The monoisotopic (exact) mass is 554 g/mol. The minimum atomic E-state index is -4.33. The third-order valence-electron chi connectivity index (χ3n) is 6.00. The molecule has 0 radical (unpaired) electrons. The van der Waals surface area contributed by atoms with Crippen molar-refractivity contribution in [1.82, 2.24) is 10.1 Å². The number of nitrogens with zero attached hydrogens (tertiary/aromatic N) is 2. The van der Waals surface area contributed by atoms with Gasteiger partial charge in [-0.3, -0.25) is 4.57 Å². The molecule has 3 atom stereocenters. The quantitative estimate of drug-likeness (QED) is 0.149. The maximum atomic E-state index is 11.7.